The van der Waals surface area contributed by atoms with Crippen LogP contribution in [0.4, 0.5) is 0 Å². The first-order chi connectivity index (χ1) is 8.60. The molecule has 0 unspecified atom stereocenters. The van der Waals surface area contributed by atoms with Gasteiger partial charge >= 0.3 is 0 Å². The van der Waals surface area contributed by atoms with E-state index in [-0.39, 0.29) is 5.75 Å². The van der Waals surface area contributed by atoms with Crippen molar-refractivity contribution in [1.82, 2.24) is 14.6 Å². The van der Waals surface area contributed by atoms with E-state index in [1.54, 1.807) is 23.7 Å². The summed E-state index contributed by atoms with van der Waals surface area (Å²) in [6, 6.07) is 5.12. The van der Waals surface area contributed by atoms with Crippen molar-refractivity contribution in [2.75, 3.05) is 13.3 Å². The molecule has 1 aromatic heterocycles. The van der Waals surface area contributed by atoms with Crippen molar-refractivity contribution in [3.63, 3.8) is 0 Å². The number of imidazole rings is 1. The summed E-state index contributed by atoms with van der Waals surface area (Å²) in [5, 5.41) is 15.4. The minimum atomic E-state index is 0.109. The number of hydrogen-bond donors (Lipinski definition) is 3. The summed E-state index contributed by atoms with van der Waals surface area (Å²) >= 11 is 1.41. The van der Waals surface area contributed by atoms with Gasteiger partial charge in [-0.3, -0.25) is 9.58 Å². The van der Waals surface area contributed by atoms with Gasteiger partial charge in [-0.05, 0) is 18.4 Å². The van der Waals surface area contributed by atoms with Crippen molar-refractivity contribution in [2.45, 2.75) is 5.16 Å². The smallest absolute Gasteiger partial charge is 0.243 e. The first-order valence-electron chi connectivity index (χ1n) is 5.11. The molecule has 0 bridgehead atoms. The molecule has 0 amide bonds. The Hall–Kier alpha value is -1.93. The van der Waals surface area contributed by atoms with Crippen LogP contribution < -0.4 is 11.7 Å². The summed E-state index contributed by atoms with van der Waals surface area (Å²) in [4.78, 5) is 4.34. The van der Waals surface area contributed by atoms with E-state index in [9.17, 15) is 5.11 Å². The molecule has 0 fully saturated rings. The zero-order chi connectivity index (χ0) is 13.3. The molecule has 0 radical (unpaired) electrons. The molecule has 2 rings (SSSR count). The van der Waals surface area contributed by atoms with Gasteiger partial charge in [-0.2, -0.15) is 0 Å². The number of phenolic OH excluding ortho intramolecular Hbond substituents is 1. The standard InChI is InChI=1S/C10H14N6OS/c1-15(12)9(14-11)16-6-4-3-5-7(17)8(6)13-10(16)18-2/h3-5,17H,11-12H2,1-2H3/b14-9+. The molecule has 8 heteroatoms. The summed E-state index contributed by atoms with van der Waals surface area (Å²) in [5.74, 6) is 11.5. The summed E-state index contributed by atoms with van der Waals surface area (Å²) in [6.07, 6.45) is 1.87. The van der Waals surface area contributed by atoms with Crippen molar-refractivity contribution in [1.29, 1.82) is 0 Å². The number of para-hydroxylation sites is 1. The number of nitrogens with zero attached hydrogens (tertiary/aromatic N) is 4. The fraction of sp³-hybridized carbons (Fsp3) is 0.200. The lowest BCUT2D eigenvalue weighted by Crippen LogP contribution is -2.39. The summed E-state index contributed by atoms with van der Waals surface area (Å²) in [7, 11) is 1.63. The van der Waals surface area contributed by atoms with Crippen LogP contribution in [-0.2, 0) is 0 Å². The van der Waals surface area contributed by atoms with Crippen molar-refractivity contribution in [3.8, 4) is 5.75 Å². The number of rotatable bonds is 1. The van der Waals surface area contributed by atoms with E-state index in [0.717, 1.165) is 0 Å². The van der Waals surface area contributed by atoms with Gasteiger partial charge < -0.3 is 10.9 Å². The van der Waals surface area contributed by atoms with Crippen LogP contribution in [0.15, 0.2) is 28.5 Å². The maximum atomic E-state index is 9.80. The zero-order valence-corrected chi connectivity index (χ0v) is 10.8. The third-order valence-corrected chi connectivity index (χ3v) is 3.09. The molecule has 96 valence electrons. The van der Waals surface area contributed by atoms with Crippen LogP contribution in [0.2, 0.25) is 0 Å². The number of fused-ring (bicyclic) bond motifs is 1. The highest BCUT2D eigenvalue weighted by Gasteiger charge is 2.18. The van der Waals surface area contributed by atoms with Crippen molar-refractivity contribution in [3.05, 3.63) is 18.2 Å². The lowest BCUT2D eigenvalue weighted by molar-refractivity contribution is 0.480. The van der Waals surface area contributed by atoms with Crippen LogP contribution in [0.1, 0.15) is 0 Å². The SMILES string of the molecule is CSc1nc2c(O)cccc2n1/C(=N/N)N(C)N. The molecule has 5 N–H and O–H groups in total. The predicted molar refractivity (Wildman–Crippen MR) is 72.1 cm³/mol. The van der Waals surface area contributed by atoms with E-state index in [4.69, 9.17) is 11.7 Å². The molecule has 0 saturated heterocycles. The van der Waals surface area contributed by atoms with Gasteiger partial charge in [0.2, 0.25) is 5.96 Å². The lowest BCUT2D eigenvalue weighted by atomic mass is 10.3. The normalized spacial score (nSPS) is 12.1. The van der Waals surface area contributed by atoms with Gasteiger partial charge in [-0.25, -0.2) is 10.8 Å². The molecule has 1 aromatic carbocycles. The highest BCUT2D eigenvalue weighted by Crippen LogP contribution is 2.28. The molecular weight excluding hydrogens is 252 g/mol. The Labute approximate surface area is 108 Å². The summed E-state index contributed by atoms with van der Waals surface area (Å²) in [5.41, 5.74) is 1.19. The number of thioether (sulfide) groups is 1. The van der Waals surface area contributed by atoms with E-state index in [0.29, 0.717) is 22.1 Å². The van der Waals surface area contributed by atoms with Gasteiger partial charge in [0.25, 0.3) is 0 Å². The fourth-order valence-corrected chi connectivity index (χ4v) is 2.25. The monoisotopic (exact) mass is 266 g/mol. The van der Waals surface area contributed by atoms with Crippen molar-refractivity contribution < 1.29 is 5.11 Å². The van der Waals surface area contributed by atoms with Crippen LogP contribution >= 0.6 is 11.8 Å². The Balaban J connectivity index is 2.79. The molecule has 18 heavy (non-hydrogen) atoms. The minimum Gasteiger partial charge on any atom is -0.506 e. The molecule has 0 atom stereocenters. The first-order valence-corrected chi connectivity index (χ1v) is 6.33. The van der Waals surface area contributed by atoms with Gasteiger partial charge in [-0.1, -0.05) is 17.8 Å². The Bertz CT molecular complexity index is 606. The van der Waals surface area contributed by atoms with E-state index >= 15 is 0 Å². The Morgan fingerprint density at radius 1 is 1.56 bits per heavy atom. The number of nitrogens with two attached hydrogens (primary N) is 2. The van der Waals surface area contributed by atoms with E-state index in [1.165, 1.54) is 16.8 Å². The molecule has 0 spiro atoms. The largest absolute Gasteiger partial charge is 0.506 e. The third kappa shape index (κ3) is 1.85. The number of benzene rings is 1. The highest BCUT2D eigenvalue weighted by molar-refractivity contribution is 7.98. The lowest BCUT2D eigenvalue weighted by Gasteiger charge is -2.16. The molecule has 1 heterocycles. The average molecular weight is 266 g/mol. The van der Waals surface area contributed by atoms with E-state index < -0.39 is 0 Å². The zero-order valence-electron chi connectivity index (χ0n) is 10.0. The number of phenols is 1. The average Bonchev–Trinajstić information content (AvgIpc) is 2.70. The molecule has 0 aliphatic rings. The second-order valence-corrected chi connectivity index (χ2v) is 4.39. The number of hydrazine groups is 1. The fourth-order valence-electron chi connectivity index (χ4n) is 1.70. The molecule has 0 aliphatic heterocycles. The van der Waals surface area contributed by atoms with E-state index in [1.807, 2.05) is 12.3 Å². The molecule has 0 aliphatic carbocycles. The van der Waals surface area contributed by atoms with Gasteiger partial charge in [0, 0.05) is 7.05 Å². The van der Waals surface area contributed by atoms with E-state index in [2.05, 4.69) is 10.1 Å². The maximum Gasteiger partial charge on any atom is 0.243 e. The molecular formula is C10H14N6OS. The van der Waals surface area contributed by atoms with Crippen LogP contribution in [-0.4, -0.2) is 38.9 Å². The first kappa shape index (κ1) is 12.5. The summed E-state index contributed by atoms with van der Waals surface area (Å²) < 4.78 is 1.69. The Morgan fingerprint density at radius 2 is 2.28 bits per heavy atom. The van der Waals surface area contributed by atoms with Crippen LogP contribution in [0.5, 0.6) is 5.75 Å². The second kappa shape index (κ2) is 4.75. The summed E-state index contributed by atoms with van der Waals surface area (Å²) in [6.45, 7) is 0. The van der Waals surface area contributed by atoms with Gasteiger partial charge in [-0.15, -0.1) is 5.10 Å². The number of aromatic nitrogens is 2. The molecule has 2 aromatic rings. The van der Waals surface area contributed by atoms with Crippen molar-refractivity contribution >= 4 is 28.8 Å². The third-order valence-electron chi connectivity index (χ3n) is 2.45. The minimum absolute atomic E-state index is 0.109. The molecule has 0 saturated carbocycles. The maximum absolute atomic E-state index is 9.80. The number of aromatic hydroxyl groups is 1. The topological polar surface area (TPSA) is 106 Å². The number of hydrogen-bond acceptors (Lipinski definition) is 6. The Morgan fingerprint density at radius 3 is 2.83 bits per heavy atom. The van der Waals surface area contributed by atoms with Crippen molar-refractivity contribution in [2.24, 2.45) is 16.8 Å². The van der Waals surface area contributed by atoms with Crippen LogP contribution in [0.3, 0.4) is 0 Å². The Kier molecular flexibility index (Phi) is 3.30. The van der Waals surface area contributed by atoms with Crippen LogP contribution in [0, 0.1) is 0 Å². The van der Waals surface area contributed by atoms with Crippen LogP contribution in [0.25, 0.3) is 11.0 Å². The predicted octanol–water partition coefficient (Wildman–Crippen LogP) is 0.347. The van der Waals surface area contributed by atoms with Gasteiger partial charge in [0.15, 0.2) is 5.16 Å². The number of hydrazone groups is 1. The molecule has 7 nitrogen and oxygen atoms in total. The van der Waals surface area contributed by atoms with Gasteiger partial charge in [0.05, 0.1) is 5.52 Å². The van der Waals surface area contributed by atoms with Gasteiger partial charge in [0.1, 0.15) is 11.3 Å². The highest BCUT2D eigenvalue weighted by atomic mass is 32.2. The quantitative estimate of drug-likeness (QED) is 0.226. The second-order valence-electron chi connectivity index (χ2n) is 3.62.